The molecule has 2 aromatic rings. The first-order valence-corrected chi connectivity index (χ1v) is 9.85. The third-order valence-corrected chi connectivity index (χ3v) is 5.91. The standard InChI is InChI=1S/C20H22ClFN4O3/c1-3-12-6-16(26(2)25-12)18(28)24-20-9-19(10-20,11-20)23-17(27)8-29-13-4-5-14(21)15(22)7-13/h4-7H,3,8-11H2,1-2H3,(H,23,27)(H,24,28). The molecule has 0 unspecified atom stereocenters. The van der Waals surface area contributed by atoms with Gasteiger partial charge in [0.05, 0.1) is 10.7 Å². The second-order valence-corrected chi connectivity index (χ2v) is 8.36. The first kappa shape index (κ1) is 19.7. The lowest BCUT2D eigenvalue weighted by Crippen LogP contribution is -2.84. The predicted molar refractivity (Wildman–Crippen MR) is 104 cm³/mol. The highest BCUT2D eigenvalue weighted by Crippen LogP contribution is 2.60. The number of carbonyl (C=O) groups excluding carboxylic acids is 2. The van der Waals surface area contributed by atoms with Gasteiger partial charge in [0.1, 0.15) is 17.3 Å². The van der Waals surface area contributed by atoms with Gasteiger partial charge in [0.2, 0.25) is 0 Å². The minimum atomic E-state index is -0.596. The molecule has 154 valence electrons. The van der Waals surface area contributed by atoms with Gasteiger partial charge in [0.15, 0.2) is 6.61 Å². The topological polar surface area (TPSA) is 85.3 Å². The van der Waals surface area contributed by atoms with Crippen LogP contribution in [0.2, 0.25) is 5.02 Å². The zero-order valence-corrected chi connectivity index (χ0v) is 17.0. The number of nitrogens with one attached hydrogen (secondary N) is 2. The number of benzene rings is 1. The third-order valence-electron chi connectivity index (χ3n) is 5.60. The summed E-state index contributed by atoms with van der Waals surface area (Å²) in [6.45, 7) is 1.78. The molecule has 5 rings (SSSR count). The SMILES string of the molecule is CCc1cc(C(=O)NC23CC(NC(=O)COc4ccc(Cl)c(F)c4)(C2)C3)n(C)n1. The summed E-state index contributed by atoms with van der Waals surface area (Å²) < 4.78 is 20.3. The molecule has 0 spiro atoms. The van der Waals surface area contributed by atoms with Crippen LogP contribution in [0.25, 0.3) is 0 Å². The molecular weight excluding hydrogens is 399 g/mol. The Kier molecular flexibility index (Phi) is 4.77. The molecule has 2 N–H and O–H groups in total. The van der Waals surface area contributed by atoms with Crippen LogP contribution >= 0.6 is 11.6 Å². The highest BCUT2D eigenvalue weighted by atomic mass is 35.5. The number of hydrogen-bond donors (Lipinski definition) is 2. The molecule has 1 aromatic carbocycles. The van der Waals surface area contributed by atoms with Crippen molar-refractivity contribution in [3.63, 3.8) is 0 Å². The van der Waals surface area contributed by atoms with Crippen LogP contribution in [-0.2, 0) is 18.3 Å². The second kappa shape index (κ2) is 7.02. The third kappa shape index (κ3) is 3.69. The molecule has 0 aliphatic heterocycles. The van der Waals surface area contributed by atoms with Gasteiger partial charge in [-0.05, 0) is 43.9 Å². The Morgan fingerprint density at radius 2 is 1.93 bits per heavy atom. The van der Waals surface area contributed by atoms with E-state index in [4.69, 9.17) is 16.3 Å². The van der Waals surface area contributed by atoms with E-state index < -0.39 is 5.82 Å². The molecule has 1 aromatic heterocycles. The Morgan fingerprint density at radius 3 is 2.55 bits per heavy atom. The number of aromatic nitrogens is 2. The molecule has 0 atom stereocenters. The number of halogens is 2. The molecule has 2 amide bonds. The number of hydrogen-bond acceptors (Lipinski definition) is 4. The summed E-state index contributed by atoms with van der Waals surface area (Å²) in [5.74, 6) is -0.779. The number of amides is 2. The van der Waals surface area contributed by atoms with Gasteiger partial charge in [-0.3, -0.25) is 14.3 Å². The highest BCUT2D eigenvalue weighted by molar-refractivity contribution is 6.30. The van der Waals surface area contributed by atoms with E-state index in [-0.39, 0.29) is 40.3 Å². The Hall–Kier alpha value is -2.61. The molecule has 3 fully saturated rings. The van der Waals surface area contributed by atoms with Crippen molar-refractivity contribution in [1.82, 2.24) is 20.4 Å². The van der Waals surface area contributed by atoms with E-state index in [0.29, 0.717) is 25.0 Å². The second-order valence-electron chi connectivity index (χ2n) is 7.96. The fourth-order valence-corrected chi connectivity index (χ4v) is 4.43. The summed E-state index contributed by atoms with van der Waals surface area (Å²) >= 11 is 5.62. The molecular formula is C20H22ClFN4O3. The van der Waals surface area contributed by atoms with Crippen molar-refractivity contribution in [3.05, 3.63) is 46.5 Å². The molecule has 3 aliphatic rings. The Balaban J connectivity index is 1.25. The van der Waals surface area contributed by atoms with Crippen LogP contribution in [0.5, 0.6) is 5.75 Å². The molecule has 0 radical (unpaired) electrons. The molecule has 9 heteroatoms. The van der Waals surface area contributed by atoms with Crippen LogP contribution in [0.4, 0.5) is 4.39 Å². The molecule has 2 bridgehead atoms. The fourth-order valence-electron chi connectivity index (χ4n) is 4.32. The van der Waals surface area contributed by atoms with Crippen LogP contribution < -0.4 is 15.4 Å². The average Bonchev–Trinajstić information content (AvgIpc) is 3.01. The van der Waals surface area contributed by atoms with Gasteiger partial charge in [0.25, 0.3) is 11.8 Å². The van der Waals surface area contributed by atoms with Crippen LogP contribution in [0.3, 0.4) is 0 Å². The Bertz CT molecular complexity index is 970. The first-order valence-electron chi connectivity index (χ1n) is 9.47. The number of aryl methyl sites for hydroxylation is 2. The smallest absolute Gasteiger partial charge is 0.269 e. The van der Waals surface area contributed by atoms with Gasteiger partial charge < -0.3 is 15.4 Å². The Labute approximate surface area is 172 Å². The lowest BCUT2D eigenvalue weighted by Gasteiger charge is -2.70. The summed E-state index contributed by atoms with van der Waals surface area (Å²) in [6, 6.07) is 5.83. The lowest BCUT2D eigenvalue weighted by molar-refractivity contribution is -0.141. The van der Waals surface area contributed by atoms with Gasteiger partial charge in [-0.25, -0.2) is 4.39 Å². The summed E-state index contributed by atoms with van der Waals surface area (Å²) in [4.78, 5) is 24.7. The van der Waals surface area contributed by atoms with Gasteiger partial charge in [-0.2, -0.15) is 5.10 Å². The van der Waals surface area contributed by atoms with E-state index in [1.165, 1.54) is 12.1 Å². The van der Waals surface area contributed by atoms with Crippen molar-refractivity contribution < 1.29 is 18.7 Å². The van der Waals surface area contributed by atoms with E-state index in [1.54, 1.807) is 17.8 Å². The number of nitrogens with zero attached hydrogens (tertiary/aromatic N) is 2. The minimum absolute atomic E-state index is 0.0000507. The van der Waals surface area contributed by atoms with E-state index >= 15 is 0 Å². The monoisotopic (exact) mass is 420 g/mol. The summed E-state index contributed by atoms with van der Waals surface area (Å²) in [7, 11) is 1.75. The summed E-state index contributed by atoms with van der Waals surface area (Å²) in [6.07, 6.45) is 2.83. The van der Waals surface area contributed by atoms with Crippen molar-refractivity contribution in [2.24, 2.45) is 7.05 Å². The van der Waals surface area contributed by atoms with Gasteiger partial charge in [0, 0.05) is 24.2 Å². The van der Waals surface area contributed by atoms with Crippen molar-refractivity contribution in [2.75, 3.05) is 6.61 Å². The highest BCUT2D eigenvalue weighted by Gasteiger charge is 2.69. The van der Waals surface area contributed by atoms with E-state index in [9.17, 15) is 14.0 Å². The van der Waals surface area contributed by atoms with Gasteiger partial charge >= 0.3 is 0 Å². The van der Waals surface area contributed by atoms with Crippen LogP contribution in [0, 0.1) is 5.82 Å². The number of ether oxygens (including phenoxy) is 1. The average molecular weight is 421 g/mol. The van der Waals surface area contributed by atoms with Crippen molar-refractivity contribution in [2.45, 2.75) is 43.7 Å². The maximum Gasteiger partial charge on any atom is 0.269 e. The first-order chi connectivity index (χ1) is 13.7. The van der Waals surface area contributed by atoms with Crippen LogP contribution in [-0.4, -0.2) is 39.3 Å². The van der Waals surface area contributed by atoms with Crippen molar-refractivity contribution >= 4 is 23.4 Å². The molecule has 0 saturated heterocycles. The molecule has 29 heavy (non-hydrogen) atoms. The zero-order valence-electron chi connectivity index (χ0n) is 16.2. The van der Waals surface area contributed by atoms with E-state index in [1.807, 2.05) is 6.92 Å². The van der Waals surface area contributed by atoms with Gasteiger partial charge in [-0.1, -0.05) is 18.5 Å². The Morgan fingerprint density at radius 1 is 1.24 bits per heavy atom. The van der Waals surface area contributed by atoms with Crippen molar-refractivity contribution in [1.29, 1.82) is 0 Å². The number of carbonyl (C=O) groups is 2. The maximum absolute atomic E-state index is 13.4. The predicted octanol–water partition coefficient (Wildman–Crippen LogP) is 2.38. The van der Waals surface area contributed by atoms with E-state index in [0.717, 1.165) is 18.2 Å². The maximum atomic E-state index is 13.4. The van der Waals surface area contributed by atoms with Crippen LogP contribution in [0.15, 0.2) is 24.3 Å². The van der Waals surface area contributed by atoms with Crippen LogP contribution in [0.1, 0.15) is 42.4 Å². The molecule has 1 heterocycles. The normalized spacial score (nSPS) is 24.3. The largest absolute Gasteiger partial charge is 0.484 e. The lowest BCUT2D eigenvalue weighted by atomic mass is 9.44. The summed E-state index contributed by atoms with van der Waals surface area (Å²) in [5, 5.41) is 10.3. The fraction of sp³-hybridized carbons (Fsp3) is 0.450. The van der Waals surface area contributed by atoms with Gasteiger partial charge in [-0.15, -0.1) is 0 Å². The van der Waals surface area contributed by atoms with E-state index in [2.05, 4.69) is 15.7 Å². The number of rotatable bonds is 7. The molecule has 3 saturated carbocycles. The quantitative estimate of drug-likeness (QED) is 0.720. The molecule has 7 nitrogen and oxygen atoms in total. The zero-order chi connectivity index (χ0) is 20.8. The molecule has 3 aliphatic carbocycles. The summed E-state index contributed by atoms with van der Waals surface area (Å²) in [5.41, 5.74) is 0.856. The minimum Gasteiger partial charge on any atom is -0.484 e. The van der Waals surface area contributed by atoms with Crippen molar-refractivity contribution in [3.8, 4) is 5.75 Å².